The van der Waals surface area contributed by atoms with Gasteiger partial charge in [-0.3, -0.25) is 9.59 Å². The van der Waals surface area contributed by atoms with Gasteiger partial charge in [0, 0.05) is 11.2 Å². The fourth-order valence-electron chi connectivity index (χ4n) is 2.55. The number of carbonyl (C=O) groups excluding carboxylic acids is 3. The minimum Gasteiger partial charge on any atom is -0.322 e. The summed E-state index contributed by atoms with van der Waals surface area (Å²) in [6.45, 7) is 0. The fourth-order valence-corrected chi connectivity index (χ4v) is 2.68. The molecule has 128 valence electrons. The van der Waals surface area contributed by atoms with Crippen LogP contribution in [0.15, 0.2) is 60.8 Å². The first-order valence-corrected chi connectivity index (χ1v) is 7.94. The van der Waals surface area contributed by atoms with Gasteiger partial charge in [-0.25, -0.2) is 9.48 Å². The Hall–Kier alpha value is -3.45. The van der Waals surface area contributed by atoms with Gasteiger partial charge in [0.2, 0.25) is 0 Å². The van der Waals surface area contributed by atoms with Gasteiger partial charge >= 0.3 is 5.97 Å². The number of carbonyl (C=O) groups is 3. The van der Waals surface area contributed by atoms with Gasteiger partial charge in [-0.1, -0.05) is 28.8 Å². The van der Waals surface area contributed by atoms with E-state index in [2.05, 4.69) is 5.10 Å². The average molecular weight is 368 g/mol. The summed E-state index contributed by atoms with van der Waals surface area (Å²) in [5.74, 6) is -2.28. The summed E-state index contributed by atoms with van der Waals surface area (Å²) in [7, 11) is 0. The average Bonchev–Trinajstić information content (AvgIpc) is 3.23. The fraction of sp³-hybridized carbons (Fsp3) is 0. The highest BCUT2D eigenvalue weighted by atomic mass is 35.5. The minimum atomic E-state index is -0.910. The number of rotatable bonds is 3. The van der Waals surface area contributed by atoms with Crippen molar-refractivity contribution in [1.29, 1.82) is 0 Å². The van der Waals surface area contributed by atoms with Crippen molar-refractivity contribution in [1.82, 2.24) is 14.8 Å². The highest BCUT2D eigenvalue weighted by Gasteiger charge is 2.39. The topological polar surface area (TPSA) is 81.5 Å². The SMILES string of the molecule is O=C(ON1C(=O)c2ccccc2C1=O)c1ccn(-c2ccc(Cl)cc2)n1. The number of aromatic nitrogens is 2. The zero-order valence-electron chi connectivity index (χ0n) is 13.1. The molecule has 2 heterocycles. The molecule has 2 aromatic carbocycles. The Kier molecular flexibility index (Phi) is 3.78. The van der Waals surface area contributed by atoms with E-state index in [4.69, 9.17) is 16.4 Å². The van der Waals surface area contributed by atoms with Crippen LogP contribution in [0.3, 0.4) is 0 Å². The van der Waals surface area contributed by atoms with Crippen molar-refractivity contribution in [3.05, 3.63) is 82.6 Å². The van der Waals surface area contributed by atoms with Crippen molar-refractivity contribution in [3.63, 3.8) is 0 Å². The summed E-state index contributed by atoms with van der Waals surface area (Å²) in [4.78, 5) is 41.7. The molecule has 0 saturated heterocycles. The molecule has 26 heavy (non-hydrogen) atoms. The van der Waals surface area contributed by atoms with Gasteiger partial charge in [-0.05, 0) is 42.5 Å². The first-order valence-electron chi connectivity index (χ1n) is 7.56. The van der Waals surface area contributed by atoms with E-state index in [-0.39, 0.29) is 16.8 Å². The number of hydrogen-bond acceptors (Lipinski definition) is 5. The summed E-state index contributed by atoms with van der Waals surface area (Å²) in [5.41, 5.74) is 1.03. The van der Waals surface area contributed by atoms with Crippen molar-refractivity contribution in [2.24, 2.45) is 0 Å². The number of benzene rings is 2. The summed E-state index contributed by atoms with van der Waals surface area (Å²) in [6, 6.07) is 14.5. The molecule has 7 nitrogen and oxygen atoms in total. The van der Waals surface area contributed by atoms with Crippen LogP contribution in [0.2, 0.25) is 5.02 Å². The normalized spacial score (nSPS) is 13.0. The van der Waals surface area contributed by atoms with Crippen molar-refractivity contribution in [3.8, 4) is 5.69 Å². The van der Waals surface area contributed by atoms with Crippen LogP contribution in [0.4, 0.5) is 0 Å². The van der Waals surface area contributed by atoms with Crippen LogP contribution in [0, 0.1) is 0 Å². The lowest BCUT2D eigenvalue weighted by Crippen LogP contribution is -2.32. The van der Waals surface area contributed by atoms with Crippen LogP contribution in [0.25, 0.3) is 5.69 Å². The molecule has 0 N–H and O–H groups in total. The monoisotopic (exact) mass is 367 g/mol. The smallest absolute Gasteiger partial charge is 0.322 e. The Morgan fingerprint density at radius 2 is 1.54 bits per heavy atom. The van der Waals surface area contributed by atoms with Gasteiger partial charge in [0.25, 0.3) is 11.8 Å². The van der Waals surface area contributed by atoms with Gasteiger partial charge in [0.15, 0.2) is 5.69 Å². The van der Waals surface area contributed by atoms with E-state index in [0.29, 0.717) is 15.8 Å². The molecule has 1 aliphatic rings. The van der Waals surface area contributed by atoms with E-state index in [9.17, 15) is 14.4 Å². The number of fused-ring (bicyclic) bond motifs is 1. The number of imide groups is 1. The van der Waals surface area contributed by atoms with Gasteiger partial charge in [-0.15, -0.1) is 0 Å². The number of halogens is 1. The van der Waals surface area contributed by atoms with Crippen LogP contribution in [-0.2, 0) is 4.84 Å². The van der Waals surface area contributed by atoms with Gasteiger partial charge < -0.3 is 4.84 Å². The predicted molar refractivity (Wildman–Crippen MR) is 90.9 cm³/mol. The molecule has 3 aromatic rings. The molecule has 2 amide bonds. The lowest BCUT2D eigenvalue weighted by molar-refractivity contribution is -0.0588. The summed E-state index contributed by atoms with van der Waals surface area (Å²) < 4.78 is 1.45. The molecule has 0 saturated carbocycles. The first kappa shape index (κ1) is 16.0. The Morgan fingerprint density at radius 1 is 0.923 bits per heavy atom. The molecule has 0 unspecified atom stereocenters. The molecule has 1 aliphatic heterocycles. The second kappa shape index (κ2) is 6.12. The number of amides is 2. The third-order valence-electron chi connectivity index (χ3n) is 3.82. The standard InChI is InChI=1S/C18H10ClN3O4/c19-11-5-7-12(8-6-11)21-10-9-15(20-21)18(25)26-22-16(23)13-3-1-2-4-14(13)17(22)24/h1-10H. The predicted octanol–water partition coefficient (Wildman–Crippen LogP) is 2.89. The number of hydroxylamine groups is 2. The molecule has 0 spiro atoms. The van der Waals surface area contributed by atoms with Crippen LogP contribution in [0.5, 0.6) is 0 Å². The summed E-state index contributed by atoms with van der Waals surface area (Å²) >= 11 is 5.84. The molecule has 0 fully saturated rings. The third-order valence-corrected chi connectivity index (χ3v) is 4.07. The van der Waals surface area contributed by atoms with Crippen molar-refractivity contribution >= 4 is 29.4 Å². The maximum atomic E-state index is 12.3. The van der Waals surface area contributed by atoms with Crippen molar-refractivity contribution < 1.29 is 19.2 Å². The molecule has 1 aromatic heterocycles. The Morgan fingerprint density at radius 3 is 2.15 bits per heavy atom. The highest BCUT2D eigenvalue weighted by Crippen LogP contribution is 2.23. The lowest BCUT2D eigenvalue weighted by Gasteiger charge is -2.11. The van der Waals surface area contributed by atoms with Crippen molar-refractivity contribution in [2.75, 3.05) is 0 Å². The first-order chi connectivity index (χ1) is 12.5. The quantitative estimate of drug-likeness (QED) is 0.665. The maximum Gasteiger partial charge on any atom is 0.384 e. The molecule has 8 heteroatoms. The Labute approximate surface area is 152 Å². The second-order valence-corrected chi connectivity index (χ2v) is 5.89. The van der Waals surface area contributed by atoms with Crippen LogP contribution >= 0.6 is 11.6 Å². The molecular formula is C18H10ClN3O4. The third kappa shape index (κ3) is 2.64. The van der Waals surface area contributed by atoms with Crippen LogP contribution in [0.1, 0.15) is 31.2 Å². The van der Waals surface area contributed by atoms with Crippen LogP contribution in [-0.4, -0.2) is 32.6 Å². The van der Waals surface area contributed by atoms with E-state index in [1.807, 2.05) is 0 Å². The highest BCUT2D eigenvalue weighted by molar-refractivity contribution is 6.30. The molecule has 0 radical (unpaired) electrons. The van der Waals surface area contributed by atoms with Gasteiger partial charge in [-0.2, -0.15) is 5.10 Å². The molecule has 0 bridgehead atoms. The van der Waals surface area contributed by atoms with Crippen LogP contribution < -0.4 is 0 Å². The van der Waals surface area contributed by atoms with E-state index < -0.39 is 17.8 Å². The minimum absolute atomic E-state index is 0.0449. The van der Waals surface area contributed by atoms with E-state index in [0.717, 1.165) is 0 Å². The Bertz CT molecular complexity index is 1010. The second-order valence-electron chi connectivity index (χ2n) is 5.45. The van der Waals surface area contributed by atoms with E-state index in [1.165, 1.54) is 22.9 Å². The van der Waals surface area contributed by atoms with E-state index >= 15 is 0 Å². The number of nitrogens with zero attached hydrogens (tertiary/aromatic N) is 3. The zero-order valence-corrected chi connectivity index (χ0v) is 13.9. The lowest BCUT2D eigenvalue weighted by atomic mass is 10.1. The number of hydrogen-bond donors (Lipinski definition) is 0. The Balaban J connectivity index is 1.54. The summed E-state index contributed by atoms with van der Waals surface area (Å²) in [5, 5.41) is 5.13. The molecule has 0 atom stereocenters. The molecule has 4 rings (SSSR count). The summed E-state index contributed by atoms with van der Waals surface area (Å²) in [6.07, 6.45) is 1.56. The van der Waals surface area contributed by atoms with Crippen molar-refractivity contribution in [2.45, 2.75) is 0 Å². The largest absolute Gasteiger partial charge is 0.384 e. The maximum absolute atomic E-state index is 12.3. The molecular weight excluding hydrogens is 358 g/mol. The zero-order chi connectivity index (χ0) is 18.3. The van der Waals surface area contributed by atoms with Gasteiger partial charge in [0.05, 0.1) is 16.8 Å². The molecule has 0 aliphatic carbocycles. The van der Waals surface area contributed by atoms with Gasteiger partial charge in [0.1, 0.15) is 0 Å². The van der Waals surface area contributed by atoms with E-state index in [1.54, 1.807) is 42.6 Å².